The lowest BCUT2D eigenvalue weighted by molar-refractivity contribution is 0.415. The number of rotatable bonds is 1. The molecule has 3 aromatic carbocycles. The molecule has 0 saturated heterocycles. The molecule has 4 nitrogen and oxygen atoms in total. The number of methoxy groups -OCH3 is 1. The van der Waals surface area contributed by atoms with Crippen LogP contribution in [0.15, 0.2) is 77.3 Å². The van der Waals surface area contributed by atoms with Gasteiger partial charge in [0.25, 0.3) is 0 Å². The summed E-state index contributed by atoms with van der Waals surface area (Å²) in [4.78, 5) is 0. The molecule has 0 amide bonds. The van der Waals surface area contributed by atoms with Crippen molar-refractivity contribution >= 4 is 44.6 Å². The van der Waals surface area contributed by atoms with Crippen LogP contribution in [-0.2, 0) is 0 Å². The molecule has 0 aliphatic heterocycles. The first kappa shape index (κ1) is 20.7. The fourth-order valence-corrected chi connectivity index (χ4v) is 1.92. The van der Waals surface area contributed by atoms with E-state index in [4.69, 9.17) is 33.5 Å². The third-order valence-electron chi connectivity index (χ3n) is 2.86. The van der Waals surface area contributed by atoms with E-state index in [1.807, 2.05) is 36.4 Å². The molecule has 0 heterocycles. The first-order chi connectivity index (χ1) is 11.9. The highest BCUT2D eigenvalue weighted by Crippen LogP contribution is 2.12. The lowest BCUT2D eigenvalue weighted by Crippen LogP contribution is -1.84. The molecule has 6 N–H and O–H groups in total. The second-order valence-electron chi connectivity index (χ2n) is 4.88. The topological polar surface area (TPSA) is 87.3 Å². The molecule has 0 fully saturated rings. The SMILES string of the molecule is COc1ccc(N)cc1.Nc1ccc(Br)cc1.Nc1ccc(Cl)cc1. The summed E-state index contributed by atoms with van der Waals surface area (Å²) in [6.45, 7) is 0. The quantitative estimate of drug-likeness (QED) is 0.468. The summed E-state index contributed by atoms with van der Waals surface area (Å²) >= 11 is 8.85. The van der Waals surface area contributed by atoms with Gasteiger partial charge in [-0.15, -0.1) is 0 Å². The van der Waals surface area contributed by atoms with Gasteiger partial charge in [0.05, 0.1) is 7.11 Å². The molecule has 3 rings (SSSR count). The van der Waals surface area contributed by atoms with Crippen molar-refractivity contribution in [3.05, 3.63) is 82.3 Å². The molecule has 0 spiro atoms. The Morgan fingerprint density at radius 2 is 1.04 bits per heavy atom. The Balaban J connectivity index is 0.000000188. The van der Waals surface area contributed by atoms with E-state index in [-0.39, 0.29) is 0 Å². The molecular formula is C19H21BrClN3O. The van der Waals surface area contributed by atoms with Crippen molar-refractivity contribution in [2.75, 3.05) is 24.3 Å². The van der Waals surface area contributed by atoms with Crippen LogP contribution >= 0.6 is 27.5 Å². The molecule has 0 bridgehead atoms. The van der Waals surface area contributed by atoms with Gasteiger partial charge in [-0.3, -0.25) is 0 Å². The molecular weight excluding hydrogens is 402 g/mol. The van der Waals surface area contributed by atoms with Crippen LogP contribution in [-0.4, -0.2) is 7.11 Å². The lowest BCUT2D eigenvalue weighted by Gasteiger charge is -1.97. The van der Waals surface area contributed by atoms with Gasteiger partial charge in [0.15, 0.2) is 0 Å². The molecule has 3 aromatic rings. The molecule has 25 heavy (non-hydrogen) atoms. The van der Waals surface area contributed by atoms with E-state index in [1.165, 1.54) is 0 Å². The number of halogens is 2. The average molecular weight is 423 g/mol. The van der Waals surface area contributed by atoms with Crippen molar-refractivity contribution in [3.8, 4) is 5.75 Å². The van der Waals surface area contributed by atoms with E-state index in [0.29, 0.717) is 0 Å². The van der Waals surface area contributed by atoms with Crippen molar-refractivity contribution in [1.29, 1.82) is 0 Å². The number of hydrogen-bond donors (Lipinski definition) is 3. The molecule has 0 unspecified atom stereocenters. The Hall–Kier alpha value is -2.37. The number of hydrogen-bond acceptors (Lipinski definition) is 4. The van der Waals surface area contributed by atoms with Gasteiger partial charge in [-0.25, -0.2) is 0 Å². The minimum Gasteiger partial charge on any atom is -0.497 e. The van der Waals surface area contributed by atoms with Gasteiger partial charge < -0.3 is 21.9 Å². The summed E-state index contributed by atoms with van der Waals surface area (Å²) in [5.41, 5.74) is 18.5. The van der Waals surface area contributed by atoms with E-state index in [9.17, 15) is 0 Å². The number of nitrogen functional groups attached to an aromatic ring is 3. The second-order valence-corrected chi connectivity index (χ2v) is 6.23. The van der Waals surface area contributed by atoms with Gasteiger partial charge in [-0.05, 0) is 72.8 Å². The van der Waals surface area contributed by atoms with Crippen LogP contribution < -0.4 is 21.9 Å². The number of anilines is 3. The average Bonchev–Trinajstić information content (AvgIpc) is 2.62. The third kappa shape index (κ3) is 9.49. The van der Waals surface area contributed by atoms with Crippen LogP contribution in [0.5, 0.6) is 5.75 Å². The maximum Gasteiger partial charge on any atom is 0.119 e. The van der Waals surface area contributed by atoms with E-state index in [1.54, 1.807) is 43.5 Å². The molecule has 132 valence electrons. The Bertz CT molecular complexity index is 647. The first-order valence-electron chi connectivity index (χ1n) is 7.32. The molecule has 0 saturated carbocycles. The van der Waals surface area contributed by atoms with Gasteiger partial charge in [0.1, 0.15) is 5.75 Å². The number of benzene rings is 3. The monoisotopic (exact) mass is 421 g/mol. The van der Waals surface area contributed by atoms with Crippen LogP contribution in [0.4, 0.5) is 17.1 Å². The summed E-state index contributed by atoms with van der Waals surface area (Å²) < 4.78 is 5.98. The lowest BCUT2D eigenvalue weighted by atomic mass is 10.3. The predicted octanol–water partition coefficient (Wildman–Crippen LogP) is 5.23. The zero-order valence-corrected chi connectivity index (χ0v) is 16.2. The van der Waals surface area contributed by atoms with E-state index < -0.39 is 0 Å². The zero-order chi connectivity index (χ0) is 18.7. The minimum atomic E-state index is 0.721. The first-order valence-corrected chi connectivity index (χ1v) is 8.49. The van der Waals surface area contributed by atoms with Crippen LogP contribution in [0.3, 0.4) is 0 Å². The molecule has 0 aliphatic carbocycles. The summed E-state index contributed by atoms with van der Waals surface area (Å²) in [6.07, 6.45) is 0. The summed E-state index contributed by atoms with van der Waals surface area (Å²) in [6, 6.07) is 21.8. The highest BCUT2D eigenvalue weighted by Gasteiger charge is 1.86. The number of nitrogens with two attached hydrogens (primary N) is 3. The predicted molar refractivity (Wildman–Crippen MR) is 112 cm³/mol. The van der Waals surface area contributed by atoms with Gasteiger partial charge in [0, 0.05) is 26.6 Å². The Morgan fingerprint density at radius 3 is 1.36 bits per heavy atom. The Kier molecular flexibility index (Phi) is 9.29. The van der Waals surface area contributed by atoms with Crippen LogP contribution in [0.2, 0.25) is 5.02 Å². The van der Waals surface area contributed by atoms with Crippen molar-refractivity contribution in [2.24, 2.45) is 0 Å². The Morgan fingerprint density at radius 1 is 0.680 bits per heavy atom. The maximum absolute atomic E-state index is 5.56. The molecule has 0 aromatic heterocycles. The molecule has 0 aliphatic rings. The zero-order valence-electron chi connectivity index (χ0n) is 13.8. The standard InChI is InChI=1S/C7H9NO.C6H6BrN.C6H6ClN/c1-9-7-4-2-6(8)3-5-7;2*7-5-1-3-6(8)4-2-5/h2-5H,8H2,1H3;2*1-4H,8H2. The maximum atomic E-state index is 5.56. The van der Waals surface area contributed by atoms with Crippen molar-refractivity contribution in [2.45, 2.75) is 0 Å². The van der Waals surface area contributed by atoms with Crippen LogP contribution in [0, 0.1) is 0 Å². The fourth-order valence-electron chi connectivity index (χ4n) is 1.53. The second kappa shape index (κ2) is 11.2. The fraction of sp³-hybridized carbons (Fsp3) is 0.0526. The van der Waals surface area contributed by atoms with Crippen LogP contribution in [0.1, 0.15) is 0 Å². The minimum absolute atomic E-state index is 0.721. The third-order valence-corrected chi connectivity index (χ3v) is 3.64. The summed E-state index contributed by atoms with van der Waals surface area (Å²) in [5.74, 6) is 0.837. The van der Waals surface area contributed by atoms with Gasteiger partial charge >= 0.3 is 0 Å². The van der Waals surface area contributed by atoms with Gasteiger partial charge in [-0.1, -0.05) is 27.5 Å². The normalized spacial score (nSPS) is 9.08. The van der Waals surface area contributed by atoms with Crippen molar-refractivity contribution in [1.82, 2.24) is 0 Å². The number of ether oxygens (including phenoxy) is 1. The van der Waals surface area contributed by atoms with E-state index in [0.717, 1.165) is 32.3 Å². The Labute approximate surface area is 161 Å². The van der Waals surface area contributed by atoms with E-state index in [2.05, 4.69) is 15.9 Å². The largest absolute Gasteiger partial charge is 0.497 e. The molecule has 0 radical (unpaired) electrons. The molecule has 0 atom stereocenters. The van der Waals surface area contributed by atoms with E-state index >= 15 is 0 Å². The van der Waals surface area contributed by atoms with Gasteiger partial charge in [0.2, 0.25) is 0 Å². The summed E-state index contributed by atoms with van der Waals surface area (Å²) in [7, 11) is 1.63. The summed E-state index contributed by atoms with van der Waals surface area (Å²) in [5, 5.41) is 0.721. The van der Waals surface area contributed by atoms with Crippen molar-refractivity contribution < 1.29 is 4.74 Å². The van der Waals surface area contributed by atoms with Crippen molar-refractivity contribution in [3.63, 3.8) is 0 Å². The highest BCUT2D eigenvalue weighted by molar-refractivity contribution is 9.10. The highest BCUT2D eigenvalue weighted by atomic mass is 79.9. The molecule has 6 heteroatoms. The van der Waals surface area contributed by atoms with Crippen LogP contribution in [0.25, 0.3) is 0 Å². The smallest absolute Gasteiger partial charge is 0.119 e. The van der Waals surface area contributed by atoms with Gasteiger partial charge in [-0.2, -0.15) is 0 Å².